The van der Waals surface area contributed by atoms with Crippen molar-refractivity contribution in [1.29, 1.82) is 0 Å². The molecule has 106 valence electrons. The first-order valence-corrected chi connectivity index (χ1v) is 6.86. The molecular formula is C15H23NO3. The lowest BCUT2D eigenvalue weighted by Crippen LogP contribution is -2.41. The summed E-state index contributed by atoms with van der Waals surface area (Å²) in [5.74, 6) is 1.49. The van der Waals surface area contributed by atoms with Crippen LogP contribution in [-0.4, -0.2) is 32.5 Å². The second-order valence-corrected chi connectivity index (χ2v) is 5.12. The lowest BCUT2D eigenvalue weighted by Gasteiger charge is -2.23. The molecule has 1 aromatic carbocycles. The fraction of sp³-hybridized carbons (Fsp3) is 0.600. The summed E-state index contributed by atoms with van der Waals surface area (Å²) in [6, 6.07) is 7.61. The highest BCUT2D eigenvalue weighted by Gasteiger charge is 2.29. The molecule has 1 saturated carbocycles. The standard InChI is InChI=1S/C15H23NO3/c1-17-13-6-2-3-7-14(13)19-11-10-18-12-15(16)8-4-5-9-15/h2-3,6-7H,4-5,8-12,16H2,1H3. The number of methoxy groups -OCH3 is 1. The Balaban J connectivity index is 1.66. The minimum absolute atomic E-state index is 0.107. The quantitative estimate of drug-likeness (QED) is 0.769. The largest absolute Gasteiger partial charge is 0.493 e. The molecule has 1 fully saturated rings. The minimum Gasteiger partial charge on any atom is -0.493 e. The molecule has 0 saturated heterocycles. The average Bonchev–Trinajstić information content (AvgIpc) is 2.86. The number of benzene rings is 1. The molecule has 0 radical (unpaired) electrons. The number of hydrogen-bond acceptors (Lipinski definition) is 4. The predicted octanol–water partition coefficient (Wildman–Crippen LogP) is 2.36. The van der Waals surface area contributed by atoms with Gasteiger partial charge in [0.1, 0.15) is 6.61 Å². The number of para-hydroxylation sites is 2. The number of hydrogen-bond donors (Lipinski definition) is 1. The molecule has 1 aliphatic carbocycles. The van der Waals surface area contributed by atoms with Gasteiger partial charge in [0.15, 0.2) is 11.5 Å². The Labute approximate surface area is 114 Å². The van der Waals surface area contributed by atoms with Crippen molar-refractivity contribution in [2.45, 2.75) is 31.2 Å². The molecule has 1 aromatic rings. The Kier molecular flexibility index (Phi) is 5.05. The van der Waals surface area contributed by atoms with Crippen molar-refractivity contribution in [2.24, 2.45) is 5.73 Å². The van der Waals surface area contributed by atoms with E-state index in [0.29, 0.717) is 19.8 Å². The van der Waals surface area contributed by atoms with E-state index in [-0.39, 0.29) is 5.54 Å². The van der Waals surface area contributed by atoms with Crippen LogP contribution < -0.4 is 15.2 Å². The van der Waals surface area contributed by atoms with Crippen LogP contribution in [0.15, 0.2) is 24.3 Å². The molecule has 0 amide bonds. The van der Waals surface area contributed by atoms with E-state index >= 15 is 0 Å². The normalized spacial score (nSPS) is 17.4. The van der Waals surface area contributed by atoms with Crippen molar-refractivity contribution >= 4 is 0 Å². The summed E-state index contributed by atoms with van der Waals surface area (Å²) in [5.41, 5.74) is 6.11. The van der Waals surface area contributed by atoms with E-state index in [1.54, 1.807) is 7.11 Å². The molecule has 4 nitrogen and oxygen atoms in total. The third-order valence-corrected chi connectivity index (χ3v) is 3.54. The smallest absolute Gasteiger partial charge is 0.161 e. The number of rotatable bonds is 7. The average molecular weight is 265 g/mol. The summed E-state index contributed by atoms with van der Waals surface area (Å²) < 4.78 is 16.5. The van der Waals surface area contributed by atoms with Gasteiger partial charge in [-0.2, -0.15) is 0 Å². The molecule has 0 aliphatic heterocycles. The molecule has 0 unspecified atom stereocenters. The topological polar surface area (TPSA) is 53.7 Å². The molecular weight excluding hydrogens is 242 g/mol. The third-order valence-electron chi connectivity index (χ3n) is 3.54. The molecule has 0 atom stereocenters. The van der Waals surface area contributed by atoms with Crippen LogP contribution in [0, 0.1) is 0 Å². The maximum Gasteiger partial charge on any atom is 0.161 e. The van der Waals surface area contributed by atoms with E-state index in [9.17, 15) is 0 Å². The second-order valence-electron chi connectivity index (χ2n) is 5.12. The van der Waals surface area contributed by atoms with E-state index < -0.39 is 0 Å². The van der Waals surface area contributed by atoms with Crippen LogP contribution in [0.25, 0.3) is 0 Å². The summed E-state index contributed by atoms with van der Waals surface area (Å²) in [5, 5.41) is 0. The van der Waals surface area contributed by atoms with Gasteiger partial charge in [-0.15, -0.1) is 0 Å². The lowest BCUT2D eigenvalue weighted by atomic mass is 10.0. The fourth-order valence-corrected chi connectivity index (χ4v) is 2.45. The molecule has 4 heteroatoms. The summed E-state index contributed by atoms with van der Waals surface area (Å²) in [7, 11) is 1.64. The van der Waals surface area contributed by atoms with Crippen molar-refractivity contribution in [3.05, 3.63) is 24.3 Å². The maximum atomic E-state index is 6.21. The fourth-order valence-electron chi connectivity index (χ4n) is 2.45. The zero-order valence-electron chi connectivity index (χ0n) is 11.6. The summed E-state index contributed by atoms with van der Waals surface area (Å²) in [6.07, 6.45) is 4.58. The van der Waals surface area contributed by atoms with Crippen molar-refractivity contribution in [1.82, 2.24) is 0 Å². The SMILES string of the molecule is COc1ccccc1OCCOCC1(N)CCCC1. The highest BCUT2D eigenvalue weighted by Crippen LogP contribution is 2.27. The Morgan fingerprint density at radius 1 is 1.11 bits per heavy atom. The van der Waals surface area contributed by atoms with Crippen LogP contribution in [0.3, 0.4) is 0 Å². The van der Waals surface area contributed by atoms with Gasteiger partial charge in [0, 0.05) is 5.54 Å². The highest BCUT2D eigenvalue weighted by atomic mass is 16.5. The Morgan fingerprint density at radius 3 is 2.47 bits per heavy atom. The summed E-state index contributed by atoms with van der Waals surface area (Å²) >= 11 is 0. The van der Waals surface area contributed by atoms with E-state index in [1.165, 1.54) is 12.8 Å². The molecule has 19 heavy (non-hydrogen) atoms. The van der Waals surface area contributed by atoms with Gasteiger partial charge in [-0.1, -0.05) is 25.0 Å². The van der Waals surface area contributed by atoms with E-state index in [2.05, 4.69) is 0 Å². The van der Waals surface area contributed by atoms with Gasteiger partial charge in [-0.25, -0.2) is 0 Å². The minimum atomic E-state index is -0.107. The summed E-state index contributed by atoms with van der Waals surface area (Å²) in [4.78, 5) is 0. The zero-order chi connectivity index (χ0) is 13.6. The third kappa shape index (κ3) is 4.11. The monoisotopic (exact) mass is 265 g/mol. The first-order chi connectivity index (χ1) is 9.23. The predicted molar refractivity (Wildman–Crippen MR) is 74.7 cm³/mol. The zero-order valence-corrected chi connectivity index (χ0v) is 11.6. The van der Waals surface area contributed by atoms with Crippen LogP contribution in [-0.2, 0) is 4.74 Å². The molecule has 2 N–H and O–H groups in total. The summed E-state index contributed by atoms with van der Waals surface area (Å²) in [6.45, 7) is 1.69. The van der Waals surface area contributed by atoms with Gasteiger partial charge in [0.05, 0.1) is 20.3 Å². The molecule has 1 aliphatic rings. The molecule has 0 spiro atoms. The van der Waals surface area contributed by atoms with Gasteiger partial charge in [-0.05, 0) is 25.0 Å². The first-order valence-electron chi connectivity index (χ1n) is 6.86. The lowest BCUT2D eigenvalue weighted by molar-refractivity contribution is 0.0637. The molecule has 0 heterocycles. The number of nitrogens with two attached hydrogens (primary N) is 1. The number of ether oxygens (including phenoxy) is 3. The van der Waals surface area contributed by atoms with Crippen LogP contribution in [0.4, 0.5) is 0 Å². The Morgan fingerprint density at radius 2 is 1.79 bits per heavy atom. The van der Waals surface area contributed by atoms with Crippen LogP contribution in [0.5, 0.6) is 11.5 Å². The van der Waals surface area contributed by atoms with Crippen molar-refractivity contribution < 1.29 is 14.2 Å². The maximum absolute atomic E-state index is 6.21. The van der Waals surface area contributed by atoms with Crippen LogP contribution in [0.1, 0.15) is 25.7 Å². The van der Waals surface area contributed by atoms with E-state index in [4.69, 9.17) is 19.9 Å². The van der Waals surface area contributed by atoms with Crippen molar-refractivity contribution in [3.63, 3.8) is 0 Å². The van der Waals surface area contributed by atoms with Crippen molar-refractivity contribution in [3.8, 4) is 11.5 Å². The van der Waals surface area contributed by atoms with E-state index in [1.807, 2.05) is 24.3 Å². The van der Waals surface area contributed by atoms with Gasteiger partial charge in [0.2, 0.25) is 0 Å². The Hall–Kier alpha value is -1.26. The Bertz CT molecular complexity index is 389. The molecule has 0 bridgehead atoms. The van der Waals surface area contributed by atoms with Crippen LogP contribution in [0.2, 0.25) is 0 Å². The van der Waals surface area contributed by atoms with E-state index in [0.717, 1.165) is 24.3 Å². The van der Waals surface area contributed by atoms with Gasteiger partial charge in [0.25, 0.3) is 0 Å². The van der Waals surface area contributed by atoms with Crippen molar-refractivity contribution in [2.75, 3.05) is 26.9 Å². The molecule has 2 rings (SSSR count). The van der Waals surface area contributed by atoms with Gasteiger partial charge < -0.3 is 19.9 Å². The second kappa shape index (κ2) is 6.78. The van der Waals surface area contributed by atoms with Gasteiger partial charge in [-0.3, -0.25) is 0 Å². The van der Waals surface area contributed by atoms with Gasteiger partial charge >= 0.3 is 0 Å². The highest BCUT2D eigenvalue weighted by molar-refractivity contribution is 5.39. The molecule has 0 aromatic heterocycles. The van der Waals surface area contributed by atoms with Crippen LogP contribution >= 0.6 is 0 Å². The first kappa shape index (κ1) is 14.2.